The van der Waals surface area contributed by atoms with Gasteiger partial charge in [0.1, 0.15) is 17.7 Å². The van der Waals surface area contributed by atoms with Crippen LogP contribution in [0.25, 0.3) is 22.2 Å². The van der Waals surface area contributed by atoms with Crippen LogP contribution in [0.5, 0.6) is 5.75 Å². The fourth-order valence-electron chi connectivity index (χ4n) is 5.53. The van der Waals surface area contributed by atoms with Crippen LogP contribution in [-0.2, 0) is 0 Å². The van der Waals surface area contributed by atoms with Crippen LogP contribution in [0.15, 0.2) is 48.9 Å². The van der Waals surface area contributed by atoms with Crippen molar-refractivity contribution in [3.05, 3.63) is 54.7 Å². The van der Waals surface area contributed by atoms with E-state index in [0.29, 0.717) is 18.7 Å². The minimum atomic E-state index is -0.975. The molecular formula is C27H31F2N7O. The molecule has 4 heterocycles. The van der Waals surface area contributed by atoms with Gasteiger partial charge in [-0.1, -0.05) is 12.1 Å². The summed E-state index contributed by atoms with van der Waals surface area (Å²) in [7, 11) is 1.84. The van der Waals surface area contributed by atoms with Crippen molar-refractivity contribution < 1.29 is 13.5 Å². The van der Waals surface area contributed by atoms with Gasteiger partial charge < -0.3 is 15.4 Å². The largest absolute Gasteiger partial charge is 0.487 e. The Labute approximate surface area is 214 Å². The molecule has 2 fully saturated rings. The molecule has 2 N–H and O–H groups in total. The molecule has 1 saturated carbocycles. The summed E-state index contributed by atoms with van der Waals surface area (Å²) in [6, 6.07) is 8.47. The molecule has 1 unspecified atom stereocenters. The lowest BCUT2D eigenvalue weighted by molar-refractivity contribution is 0.126. The number of piperidine rings is 1. The van der Waals surface area contributed by atoms with Crippen LogP contribution >= 0.6 is 0 Å². The highest BCUT2D eigenvalue weighted by Crippen LogP contribution is 2.37. The number of hydrogen-bond acceptors (Lipinski definition) is 6. The third-order valence-corrected chi connectivity index (χ3v) is 7.56. The summed E-state index contributed by atoms with van der Waals surface area (Å²) in [6.07, 6.45) is 8.56. The Hall–Kier alpha value is -3.53. The second-order valence-electron chi connectivity index (χ2n) is 9.89. The van der Waals surface area contributed by atoms with Crippen LogP contribution in [0, 0.1) is 5.82 Å². The Morgan fingerprint density at radius 3 is 2.73 bits per heavy atom. The van der Waals surface area contributed by atoms with Crippen LogP contribution in [0.4, 0.5) is 14.6 Å². The van der Waals surface area contributed by atoms with Gasteiger partial charge >= 0.3 is 0 Å². The first kappa shape index (κ1) is 23.8. The first-order chi connectivity index (χ1) is 18.1. The smallest absolute Gasteiger partial charge is 0.165 e. The molecule has 0 bridgehead atoms. The van der Waals surface area contributed by atoms with Crippen LogP contribution in [0.1, 0.15) is 44.2 Å². The van der Waals surface area contributed by atoms with Crippen molar-refractivity contribution in [3.8, 4) is 17.0 Å². The molecule has 6 rings (SSSR count). The predicted molar refractivity (Wildman–Crippen MR) is 138 cm³/mol. The van der Waals surface area contributed by atoms with E-state index in [1.165, 1.54) is 6.07 Å². The molecule has 194 valence electrons. The van der Waals surface area contributed by atoms with E-state index >= 15 is 0 Å². The molecule has 37 heavy (non-hydrogen) atoms. The maximum atomic E-state index is 14.5. The normalized spacial score (nSPS) is 24.3. The maximum Gasteiger partial charge on any atom is 0.165 e. The zero-order valence-corrected chi connectivity index (χ0v) is 20.8. The first-order valence-corrected chi connectivity index (χ1v) is 13.0. The van der Waals surface area contributed by atoms with E-state index in [9.17, 15) is 8.78 Å². The van der Waals surface area contributed by atoms with E-state index in [2.05, 4.69) is 25.4 Å². The van der Waals surface area contributed by atoms with Crippen LogP contribution in [0.2, 0.25) is 0 Å². The van der Waals surface area contributed by atoms with Crippen LogP contribution in [0.3, 0.4) is 0 Å². The highest BCUT2D eigenvalue weighted by Gasteiger charge is 2.29. The molecule has 2 atom stereocenters. The highest BCUT2D eigenvalue weighted by molar-refractivity contribution is 5.93. The summed E-state index contributed by atoms with van der Waals surface area (Å²) < 4.78 is 38.4. The van der Waals surface area contributed by atoms with Gasteiger partial charge in [0.25, 0.3) is 0 Å². The molecule has 1 aliphatic heterocycles. The molecule has 1 saturated heterocycles. The van der Waals surface area contributed by atoms with E-state index in [-0.39, 0.29) is 24.0 Å². The molecule has 0 radical (unpaired) electrons. The third kappa shape index (κ3) is 4.66. The summed E-state index contributed by atoms with van der Waals surface area (Å²) in [6.45, 7) is 1.12. The fraction of sp³-hybridized carbons (Fsp3) is 0.444. The number of nitrogens with zero attached hydrogens (tertiary/aromatic N) is 5. The molecule has 8 nitrogen and oxygen atoms in total. The number of para-hydroxylation sites is 1. The number of halogens is 2. The molecular weight excluding hydrogens is 476 g/mol. The van der Waals surface area contributed by atoms with Gasteiger partial charge in [0.05, 0.1) is 29.9 Å². The average molecular weight is 508 g/mol. The third-order valence-electron chi connectivity index (χ3n) is 7.56. The summed E-state index contributed by atoms with van der Waals surface area (Å²) >= 11 is 0. The molecule has 2 aliphatic rings. The summed E-state index contributed by atoms with van der Waals surface area (Å²) in [4.78, 5) is 4.53. The van der Waals surface area contributed by atoms with E-state index in [0.717, 1.165) is 60.2 Å². The topological polar surface area (TPSA) is 81.8 Å². The maximum absolute atomic E-state index is 14.5. The first-order valence-electron chi connectivity index (χ1n) is 13.0. The summed E-state index contributed by atoms with van der Waals surface area (Å²) in [5, 5.41) is 16.7. The van der Waals surface area contributed by atoms with Crippen molar-refractivity contribution in [2.45, 2.75) is 56.5 Å². The number of alkyl halides is 1. The SMILES string of the molecule is CNc1cc2c(cn1)c(-c1cnn(C3CCNC[C@@H]3F)c1)nn2[C@H]1CC[C@@H](Oc2ccccc2F)CC1. The molecule has 3 aromatic heterocycles. The molecule has 1 aliphatic carbocycles. The lowest BCUT2D eigenvalue weighted by Crippen LogP contribution is -2.39. The summed E-state index contributed by atoms with van der Waals surface area (Å²) in [5.41, 5.74) is 2.64. The van der Waals surface area contributed by atoms with Gasteiger partial charge in [-0.3, -0.25) is 9.36 Å². The van der Waals surface area contributed by atoms with E-state index in [4.69, 9.17) is 9.84 Å². The van der Waals surface area contributed by atoms with Crippen molar-refractivity contribution in [3.63, 3.8) is 0 Å². The minimum absolute atomic E-state index is 0.0270. The number of ether oxygens (including phenoxy) is 1. The fourth-order valence-corrected chi connectivity index (χ4v) is 5.53. The molecule has 1 aromatic carbocycles. The molecule has 0 spiro atoms. The monoisotopic (exact) mass is 507 g/mol. The molecule has 10 heteroatoms. The zero-order valence-electron chi connectivity index (χ0n) is 20.8. The second kappa shape index (κ2) is 10.1. The van der Waals surface area contributed by atoms with Crippen molar-refractivity contribution in [1.82, 2.24) is 29.9 Å². The Balaban J connectivity index is 1.27. The molecule has 0 amide bonds. The number of hydrogen-bond donors (Lipinski definition) is 2. The standard InChI is InChI=1S/C27H31F2N7O/c1-30-26-12-24-20(14-32-26)27(17-13-33-35(16-17)23-10-11-31-15-22(23)29)34-36(24)18-6-8-19(9-7-18)37-25-5-3-2-4-21(25)28/h2-5,12-14,16,18-19,22-23,31H,6-11,15H2,1H3,(H,30,32)/t18-,19+,22-,23?/m0/s1. The number of aromatic nitrogens is 5. The van der Waals surface area contributed by atoms with Gasteiger partial charge in [0.15, 0.2) is 11.6 Å². The average Bonchev–Trinajstić information content (AvgIpc) is 3.55. The zero-order chi connectivity index (χ0) is 25.4. The van der Waals surface area contributed by atoms with Crippen LogP contribution < -0.4 is 15.4 Å². The van der Waals surface area contributed by atoms with Crippen molar-refractivity contribution >= 4 is 16.7 Å². The van der Waals surface area contributed by atoms with Gasteiger partial charge in [-0.15, -0.1) is 0 Å². The van der Waals surface area contributed by atoms with Gasteiger partial charge in [0, 0.05) is 43.0 Å². The quantitative estimate of drug-likeness (QED) is 0.386. The molecule has 4 aromatic rings. The van der Waals surface area contributed by atoms with E-state index < -0.39 is 6.17 Å². The summed E-state index contributed by atoms with van der Waals surface area (Å²) in [5.74, 6) is 0.745. The number of fused-ring (bicyclic) bond motifs is 1. The van der Waals surface area contributed by atoms with E-state index in [1.54, 1.807) is 29.1 Å². The van der Waals surface area contributed by atoms with E-state index in [1.807, 2.05) is 25.5 Å². The van der Waals surface area contributed by atoms with Gasteiger partial charge in [-0.25, -0.2) is 13.8 Å². The Morgan fingerprint density at radius 1 is 1.11 bits per heavy atom. The lowest BCUT2D eigenvalue weighted by atomic mass is 9.93. The Bertz CT molecular complexity index is 1380. The van der Waals surface area contributed by atoms with Crippen molar-refractivity contribution in [2.75, 3.05) is 25.5 Å². The van der Waals surface area contributed by atoms with Gasteiger partial charge in [-0.05, 0) is 50.8 Å². The van der Waals surface area contributed by atoms with Crippen LogP contribution in [-0.4, -0.2) is 57.0 Å². The Kier molecular flexibility index (Phi) is 6.50. The highest BCUT2D eigenvalue weighted by atomic mass is 19.1. The van der Waals surface area contributed by atoms with Gasteiger partial charge in [-0.2, -0.15) is 10.2 Å². The predicted octanol–water partition coefficient (Wildman–Crippen LogP) is 4.91. The van der Waals surface area contributed by atoms with Crippen molar-refractivity contribution in [1.29, 1.82) is 0 Å². The number of benzene rings is 1. The number of anilines is 1. The number of pyridine rings is 1. The lowest BCUT2D eigenvalue weighted by Gasteiger charge is -2.29. The number of rotatable bonds is 6. The Morgan fingerprint density at radius 2 is 1.95 bits per heavy atom. The van der Waals surface area contributed by atoms with Gasteiger partial charge in [0.2, 0.25) is 0 Å². The minimum Gasteiger partial charge on any atom is -0.487 e. The second-order valence-corrected chi connectivity index (χ2v) is 9.89. The van der Waals surface area contributed by atoms with Crippen molar-refractivity contribution in [2.24, 2.45) is 0 Å². The number of nitrogens with one attached hydrogen (secondary N) is 2.